The predicted octanol–water partition coefficient (Wildman–Crippen LogP) is 3.35. The largest absolute Gasteiger partial charge is 0.300 e. The molecule has 3 nitrogen and oxygen atoms in total. The van der Waals surface area contributed by atoms with E-state index in [2.05, 4.69) is 13.8 Å². The van der Waals surface area contributed by atoms with Crippen molar-refractivity contribution in [2.24, 2.45) is 34.5 Å². The van der Waals surface area contributed by atoms with Crippen LogP contribution in [0.25, 0.3) is 0 Å². The van der Waals surface area contributed by atoms with Gasteiger partial charge in [-0.15, -0.1) is 0 Å². The highest BCUT2D eigenvalue weighted by Gasteiger charge is 2.61. The molecule has 0 radical (unpaired) electrons. The third-order valence-corrected chi connectivity index (χ3v) is 7.85. The Hall–Kier alpha value is -0.990. The van der Waals surface area contributed by atoms with E-state index in [0.717, 1.165) is 19.3 Å². The quantitative estimate of drug-likeness (QED) is 0.689. The zero-order chi connectivity index (χ0) is 15.7. The highest BCUT2D eigenvalue weighted by atomic mass is 16.1. The molecule has 3 heteroatoms. The summed E-state index contributed by atoms with van der Waals surface area (Å²) < 4.78 is 0. The van der Waals surface area contributed by atoms with E-state index < -0.39 is 0 Å². The van der Waals surface area contributed by atoms with E-state index in [1.807, 2.05) is 0 Å². The van der Waals surface area contributed by atoms with Crippen LogP contribution in [0.2, 0.25) is 0 Å². The number of rotatable bonds is 0. The zero-order valence-corrected chi connectivity index (χ0v) is 13.7. The standard InChI is InChI=1S/C19H26O3/c1-18-5-4-14-17(15(18)9-13(21)10-18)16(22)8-11-7-12(20)3-6-19(11,14)2/h11,14-15,17H,3-10H2,1-2H3/t11-,14-,15+,17+,18-,19+/m1/s1. The number of Topliss-reactive ketones (excluding diaryl/α,β-unsaturated/α-hetero) is 3. The first kappa shape index (κ1) is 14.6. The average molecular weight is 302 g/mol. The van der Waals surface area contributed by atoms with Gasteiger partial charge < -0.3 is 0 Å². The molecule has 0 heterocycles. The summed E-state index contributed by atoms with van der Waals surface area (Å²) >= 11 is 0. The first-order valence-corrected chi connectivity index (χ1v) is 8.90. The monoisotopic (exact) mass is 302 g/mol. The van der Waals surface area contributed by atoms with E-state index >= 15 is 0 Å². The molecule has 0 spiro atoms. The molecule has 0 aromatic rings. The van der Waals surface area contributed by atoms with Crippen LogP contribution >= 0.6 is 0 Å². The van der Waals surface area contributed by atoms with Crippen LogP contribution in [0.4, 0.5) is 0 Å². The van der Waals surface area contributed by atoms with Gasteiger partial charge >= 0.3 is 0 Å². The van der Waals surface area contributed by atoms with Crippen molar-refractivity contribution in [2.75, 3.05) is 0 Å². The van der Waals surface area contributed by atoms with Crippen LogP contribution in [0.3, 0.4) is 0 Å². The second-order valence-electron chi connectivity index (χ2n) is 8.97. The first-order chi connectivity index (χ1) is 10.3. The SMILES string of the molecule is C[C@]12CC[C@@H]3[C@H](C(=O)C[C@H]4CC(=O)CC[C@@]43C)[C@@H]1CC(=O)C2. The fraction of sp³-hybridized carbons (Fsp3) is 0.842. The van der Waals surface area contributed by atoms with Crippen molar-refractivity contribution in [1.29, 1.82) is 0 Å². The number of hydrogen-bond acceptors (Lipinski definition) is 3. The van der Waals surface area contributed by atoms with Crippen LogP contribution in [-0.4, -0.2) is 17.3 Å². The maximum atomic E-state index is 12.9. The summed E-state index contributed by atoms with van der Waals surface area (Å²) in [5, 5.41) is 0. The van der Waals surface area contributed by atoms with E-state index in [1.165, 1.54) is 0 Å². The van der Waals surface area contributed by atoms with Crippen molar-refractivity contribution in [3.63, 3.8) is 0 Å². The minimum Gasteiger partial charge on any atom is -0.300 e. The molecule has 6 atom stereocenters. The molecule has 0 aromatic carbocycles. The van der Waals surface area contributed by atoms with Gasteiger partial charge in [0.1, 0.15) is 17.3 Å². The fourth-order valence-corrected chi connectivity index (χ4v) is 6.51. The van der Waals surface area contributed by atoms with Gasteiger partial charge in [0, 0.05) is 38.0 Å². The topological polar surface area (TPSA) is 51.2 Å². The van der Waals surface area contributed by atoms with Crippen molar-refractivity contribution < 1.29 is 14.4 Å². The lowest BCUT2D eigenvalue weighted by atomic mass is 9.45. The highest BCUT2D eigenvalue weighted by molar-refractivity contribution is 5.88. The van der Waals surface area contributed by atoms with Gasteiger partial charge in [-0.05, 0) is 47.8 Å². The predicted molar refractivity (Wildman–Crippen MR) is 82.1 cm³/mol. The normalized spacial score (nSPS) is 51.3. The smallest absolute Gasteiger partial charge is 0.136 e. The van der Waals surface area contributed by atoms with Crippen LogP contribution in [0, 0.1) is 34.5 Å². The van der Waals surface area contributed by atoms with Crippen molar-refractivity contribution >= 4 is 17.3 Å². The summed E-state index contributed by atoms with van der Waals surface area (Å²) in [5.74, 6) is 2.05. The summed E-state index contributed by atoms with van der Waals surface area (Å²) in [6.07, 6.45) is 6.24. The van der Waals surface area contributed by atoms with Gasteiger partial charge in [0.2, 0.25) is 0 Å². The summed E-state index contributed by atoms with van der Waals surface area (Å²) in [6.45, 7) is 4.55. The highest BCUT2D eigenvalue weighted by Crippen LogP contribution is 2.64. The Labute approximate surface area is 132 Å². The van der Waals surface area contributed by atoms with E-state index in [4.69, 9.17) is 0 Å². The molecule has 4 rings (SSSR count). The summed E-state index contributed by atoms with van der Waals surface area (Å²) in [6, 6.07) is 0. The number of ketones is 3. The van der Waals surface area contributed by atoms with Crippen LogP contribution in [0.5, 0.6) is 0 Å². The van der Waals surface area contributed by atoms with Gasteiger partial charge in [-0.2, -0.15) is 0 Å². The molecule has 22 heavy (non-hydrogen) atoms. The van der Waals surface area contributed by atoms with E-state index in [1.54, 1.807) is 0 Å². The molecular weight excluding hydrogens is 276 g/mol. The van der Waals surface area contributed by atoms with Gasteiger partial charge in [-0.3, -0.25) is 14.4 Å². The molecular formula is C19H26O3. The first-order valence-electron chi connectivity index (χ1n) is 8.90. The van der Waals surface area contributed by atoms with Crippen molar-refractivity contribution in [1.82, 2.24) is 0 Å². The molecule has 0 saturated heterocycles. The Morgan fingerprint density at radius 3 is 2.45 bits per heavy atom. The fourth-order valence-electron chi connectivity index (χ4n) is 6.51. The van der Waals surface area contributed by atoms with Crippen LogP contribution in [0.15, 0.2) is 0 Å². The number of carbonyl (C=O) groups excluding carboxylic acids is 3. The van der Waals surface area contributed by atoms with E-state index in [-0.39, 0.29) is 28.6 Å². The van der Waals surface area contributed by atoms with Crippen molar-refractivity contribution in [3.8, 4) is 0 Å². The summed E-state index contributed by atoms with van der Waals surface area (Å²) in [4.78, 5) is 36.8. The van der Waals surface area contributed by atoms with Gasteiger partial charge in [0.15, 0.2) is 0 Å². The lowest BCUT2D eigenvalue weighted by Crippen LogP contribution is -2.56. The minimum atomic E-state index is 0.0571. The molecule has 0 aliphatic heterocycles. The van der Waals surface area contributed by atoms with Gasteiger partial charge in [0.25, 0.3) is 0 Å². The van der Waals surface area contributed by atoms with Crippen molar-refractivity contribution in [2.45, 2.75) is 65.2 Å². The maximum absolute atomic E-state index is 12.9. The third-order valence-electron chi connectivity index (χ3n) is 7.85. The van der Waals surface area contributed by atoms with Crippen molar-refractivity contribution in [3.05, 3.63) is 0 Å². The average Bonchev–Trinajstić information content (AvgIpc) is 2.75. The lowest BCUT2D eigenvalue weighted by Gasteiger charge is -2.58. The summed E-state index contributed by atoms with van der Waals surface area (Å²) in [5.41, 5.74) is 0.195. The molecule has 0 bridgehead atoms. The Morgan fingerprint density at radius 2 is 1.68 bits per heavy atom. The van der Waals surface area contributed by atoms with Crippen LogP contribution < -0.4 is 0 Å². The molecule has 4 fully saturated rings. The van der Waals surface area contributed by atoms with E-state index in [0.29, 0.717) is 55.4 Å². The molecule has 0 N–H and O–H groups in total. The molecule has 120 valence electrons. The van der Waals surface area contributed by atoms with E-state index in [9.17, 15) is 14.4 Å². The molecule has 0 amide bonds. The molecule has 4 saturated carbocycles. The Balaban J connectivity index is 1.71. The molecule has 0 unspecified atom stereocenters. The second kappa shape index (κ2) is 4.52. The Bertz CT molecular complexity index is 565. The van der Waals surface area contributed by atoms with Gasteiger partial charge in [0.05, 0.1) is 0 Å². The number of carbonyl (C=O) groups is 3. The number of fused-ring (bicyclic) bond motifs is 5. The van der Waals surface area contributed by atoms with Crippen LogP contribution in [-0.2, 0) is 14.4 Å². The number of hydrogen-bond donors (Lipinski definition) is 0. The Kier molecular flexibility index (Phi) is 3.00. The maximum Gasteiger partial charge on any atom is 0.136 e. The molecule has 0 aromatic heterocycles. The third kappa shape index (κ3) is 1.83. The van der Waals surface area contributed by atoms with Gasteiger partial charge in [-0.1, -0.05) is 13.8 Å². The van der Waals surface area contributed by atoms with Crippen LogP contribution in [0.1, 0.15) is 65.2 Å². The summed E-state index contributed by atoms with van der Waals surface area (Å²) in [7, 11) is 0. The molecule has 4 aliphatic rings. The lowest BCUT2D eigenvalue weighted by molar-refractivity contribution is -0.156. The van der Waals surface area contributed by atoms with Gasteiger partial charge in [-0.25, -0.2) is 0 Å². The Morgan fingerprint density at radius 1 is 0.909 bits per heavy atom. The minimum absolute atomic E-state index is 0.0571. The zero-order valence-electron chi connectivity index (χ0n) is 13.7. The molecule has 4 aliphatic carbocycles. The second-order valence-corrected chi connectivity index (χ2v) is 8.97.